The highest BCUT2D eigenvalue weighted by Gasteiger charge is 2.16. The molecule has 0 amide bonds. The van der Waals surface area contributed by atoms with Gasteiger partial charge in [-0.1, -0.05) is 44.9 Å². The first-order valence-electron chi connectivity index (χ1n) is 6.74. The number of hydrogen-bond acceptors (Lipinski definition) is 1. The summed E-state index contributed by atoms with van der Waals surface area (Å²) in [5, 5.41) is 3.96. The van der Waals surface area contributed by atoms with E-state index in [0.29, 0.717) is 29.0 Å². The van der Waals surface area contributed by atoms with Crippen LogP contribution in [0.15, 0.2) is 18.2 Å². The van der Waals surface area contributed by atoms with Crippen LogP contribution in [-0.4, -0.2) is 12.6 Å². The van der Waals surface area contributed by atoms with Crippen LogP contribution in [0.3, 0.4) is 0 Å². The molecule has 1 aromatic carbocycles. The molecule has 1 aromatic rings. The van der Waals surface area contributed by atoms with E-state index in [2.05, 4.69) is 26.1 Å². The van der Waals surface area contributed by atoms with Gasteiger partial charge in [-0.3, -0.25) is 0 Å². The summed E-state index contributed by atoms with van der Waals surface area (Å²) in [6.45, 7) is 7.39. The molecule has 102 valence electrons. The van der Waals surface area contributed by atoms with Crippen molar-refractivity contribution in [3.63, 3.8) is 0 Å². The number of halogens is 2. The zero-order valence-corrected chi connectivity index (χ0v) is 12.2. The van der Waals surface area contributed by atoms with Crippen molar-refractivity contribution in [1.29, 1.82) is 0 Å². The van der Waals surface area contributed by atoms with Gasteiger partial charge >= 0.3 is 0 Å². The Balaban J connectivity index is 2.76. The first-order chi connectivity index (χ1) is 8.58. The van der Waals surface area contributed by atoms with E-state index in [1.54, 1.807) is 12.1 Å². The average Bonchev–Trinajstić information content (AvgIpc) is 2.34. The van der Waals surface area contributed by atoms with E-state index in [4.69, 9.17) is 11.6 Å². The maximum absolute atomic E-state index is 13.8. The third-order valence-corrected chi connectivity index (χ3v) is 3.74. The molecule has 0 aliphatic carbocycles. The minimum Gasteiger partial charge on any atom is -0.314 e. The summed E-state index contributed by atoms with van der Waals surface area (Å²) >= 11 is 6.08. The molecule has 1 nitrogen and oxygen atoms in total. The standard InChI is InChI=1S/C15H23ClFN/c1-4-11(3)9-12(18-5-2)10-13-14(16)7-6-8-15(13)17/h6-8,11-12,18H,4-5,9-10H2,1-3H3. The Kier molecular flexibility index (Phi) is 6.66. The molecule has 0 fully saturated rings. The molecule has 0 radical (unpaired) electrons. The molecule has 0 aliphatic rings. The molecule has 18 heavy (non-hydrogen) atoms. The normalized spacial score (nSPS) is 14.5. The van der Waals surface area contributed by atoms with Crippen molar-refractivity contribution in [2.24, 2.45) is 5.92 Å². The molecule has 0 heterocycles. The highest BCUT2D eigenvalue weighted by molar-refractivity contribution is 6.31. The predicted molar refractivity (Wildman–Crippen MR) is 76.7 cm³/mol. The zero-order valence-electron chi connectivity index (χ0n) is 11.5. The molecule has 0 saturated carbocycles. The molecule has 2 unspecified atom stereocenters. The van der Waals surface area contributed by atoms with Crippen molar-refractivity contribution in [3.05, 3.63) is 34.6 Å². The highest BCUT2D eigenvalue weighted by atomic mass is 35.5. The van der Waals surface area contributed by atoms with E-state index in [-0.39, 0.29) is 5.82 Å². The molecule has 0 aromatic heterocycles. The van der Waals surface area contributed by atoms with E-state index in [0.717, 1.165) is 19.4 Å². The second-order valence-corrected chi connectivity index (χ2v) is 5.32. The van der Waals surface area contributed by atoms with Gasteiger partial charge in [0.2, 0.25) is 0 Å². The van der Waals surface area contributed by atoms with Crippen molar-refractivity contribution in [2.45, 2.75) is 46.1 Å². The number of benzene rings is 1. The van der Waals surface area contributed by atoms with Crippen molar-refractivity contribution >= 4 is 11.6 Å². The van der Waals surface area contributed by atoms with E-state index in [9.17, 15) is 4.39 Å². The quantitative estimate of drug-likeness (QED) is 0.773. The van der Waals surface area contributed by atoms with Gasteiger partial charge in [0.15, 0.2) is 0 Å². The maximum Gasteiger partial charge on any atom is 0.127 e. The summed E-state index contributed by atoms with van der Waals surface area (Å²) < 4.78 is 13.8. The van der Waals surface area contributed by atoms with Crippen molar-refractivity contribution in [1.82, 2.24) is 5.32 Å². The van der Waals surface area contributed by atoms with Crippen LogP contribution in [0.25, 0.3) is 0 Å². The minimum absolute atomic E-state index is 0.199. The Hall–Kier alpha value is -0.600. The first kappa shape index (κ1) is 15.5. The van der Waals surface area contributed by atoms with Gasteiger partial charge in [-0.05, 0) is 37.4 Å². The van der Waals surface area contributed by atoms with Gasteiger partial charge in [0.05, 0.1) is 0 Å². The van der Waals surface area contributed by atoms with Crippen molar-refractivity contribution in [2.75, 3.05) is 6.54 Å². The van der Waals surface area contributed by atoms with Crippen LogP contribution >= 0.6 is 11.6 Å². The SMILES string of the molecule is CCNC(Cc1c(F)cccc1Cl)CC(C)CC. The van der Waals surface area contributed by atoms with Crippen LogP contribution in [0.1, 0.15) is 39.2 Å². The summed E-state index contributed by atoms with van der Waals surface area (Å²) in [5.74, 6) is 0.439. The lowest BCUT2D eigenvalue weighted by Gasteiger charge is -2.22. The summed E-state index contributed by atoms with van der Waals surface area (Å²) in [6, 6.07) is 5.18. The number of likely N-dealkylation sites (N-methyl/N-ethyl adjacent to an activating group) is 1. The molecule has 0 bridgehead atoms. The third kappa shape index (κ3) is 4.58. The number of nitrogens with one attached hydrogen (secondary N) is 1. The van der Waals surface area contributed by atoms with E-state index >= 15 is 0 Å². The molecule has 2 atom stereocenters. The van der Waals surface area contributed by atoms with Crippen molar-refractivity contribution in [3.8, 4) is 0 Å². The topological polar surface area (TPSA) is 12.0 Å². The van der Waals surface area contributed by atoms with Gasteiger partial charge in [-0.2, -0.15) is 0 Å². The summed E-state index contributed by atoms with van der Waals surface area (Å²) in [6.07, 6.45) is 2.85. The third-order valence-electron chi connectivity index (χ3n) is 3.39. The first-order valence-corrected chi connectivity index (χ1v) is 7.12. The number of hydrogen-bond donors (Lipinski definition) is 1. The maximum atomic E-state index is 13.8. The Morgan fingerprint density at radius 1 is 1.33 bits per heavy atom. The van der Waals surface area contributed by atoms with Gasteiger partial charge in [0, 0.05) is 16.6 Å². The summed E-state index contributed by atoms with van der Waals surface area (Å²) in [7, 11) is 0. The molecular weight excluding hydrogens is 249 g/mol. The molecule has 1 rings (SSSR count). The Morgan fingerprint density at radius 3 is 2.61 bits per heavy atom. The minimum atomic E-state index is -0.199. The van der Waals surface area contributed by atoms with E-state index in [1.807, 2.05) is 0 Å². The van der Waals surface area contributed by atoms with E-state index < -0.39 is 0 Å². The van der Waals surface area contributed by atoms with Crippen molar-refractivity contribution < 1.29 is 4.39 Å². The lowest BCUT2D eigenvalue weighted by atomic mass is 9.94. The Labute approximate surface area is 115 Å². The van der Waals surface area contributed by atoms with Gasteiger partial charge in [-0.25, -0.2) is 4.39 Å². The largest absolute Gasteiger partial charge is 0.314 e. The lowest BCUT2D eigenvalue weighted by molar-refractivity contribution is 0.393. The smallest absolute Gasteiger partial charge is 0.127 e. The molecular formula is C15H23ClFN. The monoisotopic (exact) mass is 271 g/mol. The van der Waals surface area contributed by atoms with Crippen LogP contribution in [0.5, 0.6) is 0 Å². The molecule has 3 heteroatoms. The second kappa shape index (κ2) is 7.75. The molecule has 0 saturated heterocycles. The van der Waals surface area contributed by atoms with Crippen LogP contribution in [0, 0.1) is 11.7 Å². The fourth-order valence-electron chi connectivity index (χ4n) is 2.15. The van der Waals surface area contributed by atoms with Crippen LogP contribution in [-0.2, 0) is 6.42 Å². The summed E-state index contributed by atoms with van der Waals surface area (Å²) in [5.41, 5.74) is 0.633. The van der Waals surface area contributed by atoms with Gasteiger partial charge in [0.25, 0.3) is 0 Å². The molecule has 0 aliphatic heterocycles. The second-order valence-electron chi connectivity index (χ2n) is 4.91. The highest BCUT2D eigenvalue weighted by Crippen LogP contribution is 2.22. The van der Waals surface area contributed by atoms with E-state index in [1.165, 1.54) is 6.07 Å². The Morgan fingerprint density at radius 2 is 2.06 bits per heavy atom. The van der Waals surface area contributed by atoms with Crippen LogP contribution < -0.4 is 5.32 Å². The van der Waals surface area contributed by atoms with Gasteiger partial charge < -0.3 is 5.32 Å². The lowest BCUT2D eigenvalue weighted by Crippen LogP contribution is -2.33. The number of rotatable bonds is 7. The molecule has 0 spiro atoms. The van der Waals surface area contributed by atoms with Gasteiger partial charge in [0.1, 0.15) is 5.82 Å². The fourth-order valence-corrected chi connectivity index (χ4v) is 2.39. The van der Waals surface area contributed by atoms with Gasteiger partial charge in [-0.15, -0.1) is 0 Å². The summed E-state index contributed by atoms with van der Waals surface area (Å²) in [4.78, 5) is 0. The average molecular weight is 272 g/mol. The van der Waals surface area contributed by atoms with Crippen LogP contribution in [0.2, 0.25) is 5.02 Å². The zero-order chi connectivity index (χ0) is 13.5. The fraction of sp³-hybridized carbons (Fsp3) is 0.600. The predicted octanol–water partition coefficient (Wildman–Crippen LogP) is 4.44. The Bertz CT molecular complexity index is 347. The van der Waals surface area contributed by atoms with Crippen LogP contribution in [0.4, 0.5) is 4.39 Å². The molecule has 1 N–H and O–H groups in total.